The van der Waals surface area contributed by atoms with Gasteiger partial charge in [-0.25, -0.2) is 4.98 Å². The third-order valence-electron chi connectivity index (χ3n) is 1.60. The van der Waals surface area contributed by atoms with Crippen LogP contribution in [-0.2, 0) is 11.3 Å². The quantitative estimate of drug-likeness (QED) is 0.613. The van der Waals surface area contributed by atoms with E-state index in [1.807, 2.05) is 5.38 Å². The number of carboxylic acids is 1. The third-order valence-corrected chi connectivity index (χ3v) is 2.45. The van der Waals surface area contributed by atoms with Gasteiger partial charge >= 0.3 is 5.97 Å². The fourth-order valence-corrected chi connectivity index (χ4v) is 1.67. The van der Waals surface area contributed by atoms with Crippen molar-refractivity contribution in [2.24, 2.45) is 5.73 Å². The van der Waals surface area contributed by atoms with E-state index in [2.05, 4.69) is 10.3 Å². The second-order valence-electron chi connectivity index (χ2n) is 2.77. The number of rotatable bonds is 6. The van der Waals surface area contributed by atoms with Crippen LogP contribution in [0.1, 0.15) is 18.5 Å². The number of carbonyl (C=O) groups is 1. The first kappa shape index (κ1) is 10.9. The SMILES string of the molecule is NCc1csc(NCCCC(=O)O)n1. The molecule has 0 unspecified atom stereocenters. The first-order chi connectivity index (χ1) is 6.72. The molecular weight excluding hydrogens is 202 g/mol. The monoisotopic (exact) mass is 215 g/mol. The Morgan fingerprint density at radius 1 is 1.71 bits per heavy atom. The van der Waals surface area contributed by atoms with E-state index in [0.29, 0.717) is 19.5 Å². The van der Waals surface area contributed by atoms with Crippen molar-refractivity contribution in [3.8, 4) is 0 Å². The van der Waals surface area contributed by atoms with E-state index >= 15 is 0 Å². The molecule has 1 rings (SSSR count). The van der Waals surface area contributed by atoms with E-state index < -0.39 is 5.97 Å². The zero-order valence-electron chi connectivity index (χ0n) is 7.69. The molecule has 6 heteroatoms. The molecule has 5 nitrogen and oxygen atoms in total. The fourth-order valence-electron chi connectivity index (χ4n) is 0.917. The number of anilines is 1. The van der Waals surface area contributed by atoms with Gasteiger partial charge < -0.3 is 16.2 Å². The highest BCUT2D eigenvalue weighted by Crippen LogP contribution is 2.14. The number of thiazole rings is 1. The van der Waals surface area contributed by atoms with Crippen LogP contribution in [0.2, 0.25) is 0 Å². The molecule has 0 atom stereocenters. The number of nitrogens with zero attached hydrogens (tertiary/aromatic N) is 1. The molecule has 0 amide bonds. The average Bonchev–Trinajstić information content (AvgIpc) is 2.60. The summed E-state index contributed by atoms with van der Waals surface area (Å²) >= 11 is 1.48. The van der Waals surface area contributed by atoms with Crippen molar-refractivity contribution in [2.75, 3.05) is 11.9 Å². The molecule has 0 bridgehead atoms. The summed E-state index contributed by atoms with van der Waals surface area (Å²) in [7, 11) is 0. The van der Waals surface area contributed by atoms with Crippen LogP contribution in [0, 0.1) is 0 Å². The lowest BCUT2D eigenvalue weighted by Gasteiger charge is -1.99. The van der Waals surface area contributed by atoms with Crippen LogP contribution in [0.5, 0.6) is 0 Å². The molecule has 0 aromatic carbocycles. The van der Waals surface area contributed by atoms with Crippen molar-refractivity contribution in [3.63, 3.8) is 0 Å². The highest BCUT2D eigenvalue weighted by atomic mass is 32.1. The zero-order chi connectivity index (χ0) is 10.4. The number of aromatic nitrogens is 1. The van der Waals surface area contributed by atoms with Gasteiger partial charge in [0.15, 0.2) is 5.13 Å². The minimum absolute atomic E-state index is 0.183. The molecule has 0 saturated heterocycles. The van der Waals surface area contributed by atoms with Crippen LogP contribution in [-0.4, -0.2) is 22.6 Å². The predicted octanol–water partition coefficient (Wildman–Crippen LogP) is 0.878. The van der Waals surface area contributed by atoms with Crippen LogP contribution >= 0.6 is 11.3 Å². The summed E-state index contributed by atoms with van der Waals surface area (Å²) in [4.78, 5) is 14.4. The lowest BCUT2D eigenvalue weighted by atomic mass is 10.3. The topological polar surface area (TPSA) is 88.2 Å². The molecule has 0 aliphatic rings. The Kier molecular flexibility index (Phi) is 4.34. The Balaban J connectivity index is 2.21. The fraction of sp³-hybridized carbons (Fsp3) is 0.500. The Bertz CT molecular complexity index is 301. The van der Waals surface area contributed by atoms with E-state index in [4.69, 9.17) is 10.8 Å². The standard InChI is InChI=1S/C8H13N3O2S/c9-4-6-5-14-8(11-6)10-3-1-2-7(12)13/h5H,1-4,9H2,(H,10,11)(H,12,13). The molecule has 1 aromatic rings. The number of hydrogen-bond donors (Lipinski definition) is 3. The summed E-state index contributed by atoms with van der Waals surface area (Å²) in [5.74, 6) is -0.770. The Hall–Kier alpha value is -1.14. The lowest BCUT2D eigenvalue weighted by molar-refractivity contribution is -0.137. The van der Waals surface area contributed by atoms with Crippen LogP contribution in [0.25, 0.3) is 0 Å². The zero-order valence-corrected chi connectivity index (χ0v) is 8.51. The summed E-state index contributed by atoms with van der Waals surface area (Å²) < 4.78 is 0. The maximum Gasteiger partial charge on any atom is 0.303 e. The molecule has 1 aromatic heterocycles. The first-order valence-corrected chi connectivity index (χ1v) is 5.20. The number of nitrogens with two attached hydrogens (primary N) is 1. The molecule has 0 saturated carbocycles. The van der Waals surface area contributed by atoms with Gasteiger partial charge in [-0.05, 0) is 6.42 Å². The molecule has 0 aliphatic heterocycles. The molecular formula is C8H13N3O2S. The first-order valence-electron chi connectivity index (χ1n) is 4.32. The lowest BCUT2D eigenvalue weighted by Crippen LogP contribution is -2.05. The van der Waals surface area contributed by atoms with Crippen molar-refractivity contribution >= 4 is 22.4 Å². The Labute approximate surface area is 86.0 Å². The van der Waals surface area contributed by atoms with Crippen LogP contribution in [0.3, 0.4) is 0 Å². The van der Waals surface area contributed by atoms with Crippen LogP contribution < -0.4 is 11.1 Å². The summed E-state index contributed by atoms with van der Waals surface area (Å²) in [5.41, 5.74) is 6.25. The maximum absolute atomic E-state index is 10.2. The minimum Gasteiger partial charge on any atom is -0.481 e. The molecule has 1 heterocycles. The highest BCUT2D eigenvalue weighted by Gasteiger charge is 2.00. The molecule has 0 fully saturated rings. The van der Waals surface area contributed by atoms with Gasteiger partial charge in [0.25, 0.3) is 0 Å². The number of hydrogen-bond acceptors (Lipinski definition) is 5. The molecule has 4 N–H and O–H groups in total. The highest BCUT2D eigenvalue weighted by molar-refractivity contribution is 7.13. The number of aliphatic carboxylic acids is 1. The third kappa shape index (κ3) is 3.71. The summed E-state index contributed by atoms with van der Waals surface area (Å²) in [6.45, 7) is 1.07. The maximum atomic E-state index is 10.2. The van der Waals surface area contributed by atoms with Gasteiger partial charge in [-0.2, -0.15) is 0 Å². The predicted molar refractivity (Wildman–Crippen MR) is 55.4 cm³/mol. The summed E-state index contributed by atoms with van der Waals surface area (Å²) in [5, 5.41) is 14.1. The van der Waals surface area contributed by atoms with Gasteiger partial charge in [0, 0.05) is 24.9 Å². The smallest absolute Gasteiger partial charge is 0.303 e. The van der Waals surface area contributed by atoms with Crippen molar-refractivity contribution in [1.82, 2.24) is 4.98 Å². The minimum atomic E-state index is -0.770. The molecule has 0 aliphatic carbocycles. The van der Waals surface area contributed by atoms with Crippen molar-refractivity contribution in [3.05, 3.63) is 11.1 Å². The Morgan fingerprint density at radius 2 is 2.50 bits per heavy atom. The van der Waals surface area contributed by atoms with Crippen molar-refractivity contribution in [2.45, 2.75) is 19.4 Å². The van der Waals surface area contributed by atoms with Gasteiger partial charge in [0.05, 0.1) is 5.69 Å². The van der Waals surface area contributed by atoms with E-state index in [1.165, 1.54) is 11.3 Å². The van der Waals surface area contributed by atoms with Gasteiger partial charge in [0.2, 0.25) is 0 Å². The van der Waals surface area contributed by atoms with Gasteiger partial charge in [-0.15, -0.1) is 11.3 Å². The van der Waals surface area contributed by atoms with Crippen LogP contribution in [0.4, 0.5) is 5.13 Å². The molecule has 78 valence electrons. The summed E-state index contributed by atoms with van der Waals surface area (Å²) in [6.07, 6.45) is 0.787. The summed E-state index contributed by atoms with van der Waals surface area (Å²) in [6, 6.07) is 0. The number of carboxylic acid groups (broad SMARTS) is 1. The molecule has 0 radical (unpaired) electrons. The largest absolute Gasteiger partial charge is 0.481 e. The van der Waals surface area contributed by atoms with E-state index in [0.717, 1.165) is 10.8 Å². The number of nitrogens with one attached hydrogen (secondary N) is 1. The van der Waals surface area contributed by atoms with Crippen molar-refractivity contribution in [1.29, 1.82) is 0 Å². The van der Waals surface area contributed by atoms with E-state index in [-0.39, 0.29) is 6.42 Å². The van der Waals surface area contributed by atoms with E-state index in [1.54, 1.807) is 0 Å². The van der Waals surface area contributed by atoms with E-state index in [9.17, 15) is 4.79 Å². The van der Waals surface area contributed by atoms with Gasteiger partial charge in [0.1, 0.15) is 0 Å². The second kappa shape index (κ2) is 5.56. The van der Waals surface area contributed by atoms with Crippen LogP contribution in [0.15, 0.2) is 5.38 Å². The molecule has 0 spiro atoms. The molecule has 14 heavy (non-hydrogen) atoms. The second-order valence-corrected chi connectivity index (χ2v) is 3.63. The normalized spacial score (nSPS) is 10.1. The Morgan fingerprint density at radius 3 is 3.07 bits per heavy atom. The van der Waals surface area contributed by atoms with Gasteiger partial charge in [-0.1, -0.05) is 0 Å². The average molecular weight is 215 g/mol. The van der Waals surface area contributed by atoms with Gasteiger partial charge in [-0.3, -0.25) is 4.79 Å². The van der Waals surface area contributed by atoms with Crippen molar-refractivity contribution < 1.29 is 9.90 Å².